The Morgan fingerprint density at radius 2 is 1.84 bits per heavy atom. The summed E-state index contributed by atoms with van der Waals surface area (Å²) < 4.78 is 5.78. The third-order valence-electron chi connectivity index (χ3n) is 4.44. The maximum Gasteiger partial charge on any atom is 0.271 e. The van der Waals surface area contributed by atoms with Crippen LogP contribution in [0.2, 0.25) is 5.02 Å². The summed E-state index contributed by atoms with van der Waals surface area (Å²) in [5.41, 5.74) is 2.13. The highest BCUT2D eigenvalue weighted by molar-refractivity contribution is 8.18. The number of nitrogens with one attached hydrogen (secondary N) is 1. The molecule has 0 aliphatic carbocycles. The number of benzene rings is 3. The summed E-state index contributed by atoms with van der Waals surface area (Å²) in [6, 6.07) is 21.3. The first-order valence-corrected chi connectivity index (χ1v) is 10.7. The molecule has 0 unspecified atom stereocenters. The Hall–Kier alpha value is -3.62. The van der Waals surface area contributed by atoms with E-state index in [9.17, 15) is 14.9 Å². The number of halogens is 1. The first-order chi connectivity index (χ1) is 15.5. The minimum atomic E-state index is -0.534. The van der Waals surface area contributed by atoms with Crippen LogP contribution in [0.3, 0.4) is 0 Å². The van der Waals surface area contributed by atoms with Crippen LogP contribution >= 0.6 is 23.4 Å². The van der Waals surface area contributed by atoms with Crippen molar-refractivity contribution in [1.29, 1.82) is 0 Å². The topological polar surface area (TPSA) is 93.8 Å². The van der Waals surface area contributed by atoms with Gasteiger partial charge in [0.25, 0.3) is 11.6 Å². The number of amides is 1. The fourth-order valence-electron chi connectivity index (χ4n) is 2.84. The van der Waals surface area contributed by atoms with Crippen LogP contribution in [0.4, 0.5) is 11.4 Å². The van der Waals surface area contributed by atoms with E-state index in [2.05, 4.69) is 10.3 Å². The minimum absolute atomic E-state index is 0.126. The zero-order valence-electron chi connectivity index (χ0n) is 16.5. The molecule has 1 aliphatic heterocycles. The molecule has 0 saturated carbocycles. The normalized spacial score (nSPS) is 15.7. The molecule has 1 saturated heterocycles. The molecular formula is C23H16ClN3O4S. The smallest absolute Gasteiger partial charge is 0.271 e. The van der Waals surface area contributed by atoms with Crippen LogP contribution in [-0.2, 0) is 11.4 Å². The van der Waals surface area contributed by atoms with Gasteiger partial charge in [0, 0.05) is 12.1 Å². The van der Waals surface area contributed by atoms with Crippen molar-refractivity contribution in [3.63, 3.8) is 0 Å². The van der Waals surface area contributed by atoms with E-state index in [-0.39, 0.29) is 16.6 Å². The summed E-state index contributed by atoms with van der Waals surface area (Å²) in [5, 5.41) is 14.0. The maximum atomic E-state index is 12.3. The molecule has 0 bridgehead atoms. The van der Waals surface area contributed by atoms with Crippen molar-refractivity contribution < 1.29 is 14.5 Å². The second kappa shape index (κ2) is 9.67. The van der Waals surface area contributed by atoms with Gasteiger partial charge < -0.3 is 10.1 Å². The Labute approximate surface area is 192 Å². The molecule has 1 fully saturated rings. The van der Waals surface area contributed by atoms with Crippen molar-refractivity contribution in [2.45, 2.75) is 6.61 Å². The van der Waals surface area contributed by atoms with Gasteiger partial charge in [-0.1, -0.05) is 54.1 Å². The van der Waals surface area contributed by atoms with Crippen LogP contribution in [-0.4, -0.2) is 16.0 Å². The van der Waals surface area contributed by atoms with E-state index < -0.39 is 4.92 Å². The van der Waals surface area contributed by atoms with E-state index in [1.54, 1.807) is 6.08 Å². The lowest BCUT2D eigenvalue weighted by Crippen LogP contribution is -2.19. The molecule has 3 aromatic rings. The van der Waals surface area contributed by atoms with Gasteiger partial charge in [-0.05, 0) is 47.2 Å². The van der Waals surface area contributed by atoms with Gasteiger partial charge in [0.05, 0.1) is 20.5 Å². The van der Waals surface area contributed by atoms with Gasteiger partial charge in [-0.25, -0.2) is 4.99 Å². The van der Waals surface area contributed by atoms with E-state index in [0.29, 0.717) is 22.4 Å². The molecule has 0 spiro atoms. The Balaban J connectivity index is 1.43. The summed E-state index contributed by atoms with van der Waals surface area (Å²) in [6.07, 6.45) is 1.75. The highest BCUT2D eigenvalue weighted by Gasteiger charge is 2.24. The van der Waals surface area contributed by atoms with Gasteiger partial charge >= 0.3 is 0 Å². The Kier molecular flexibility index (Phi) is 6.53. The second-order valence-electron chi connectivity index (χ2n) is 6.72. The number of non-ortho nitro benzene ring substituents is 1. The molecule has 0 atom stereocenters. The van der Waals surface area contributed by atoms with Crippen molar-refractivity contribution in [2.24, 2.45) is 4.99 Å². The molecule has 32 heavy (non-hydrogen) atoms. The maximum absolute atomic E-state index is 12.3. The summed E-state index contributed by atoms with van der Waals surface area (Å²) in [4.78, 5) is 27.4. The first-order valence-electron chi connectivity index (χ1n) is 9.48. The number of nitro groups is 1. The standard InChI is InChI=1S/C23H16ClN3O4S/c24-19-13-17(27(29)30)8-11-20(19)25-23-26-22(28)21(32-23)12-15-6-9-18(10-7-15)31-14-16-4-2-1-3-5-16/h1-13H,14H2,(H,25,26,28)/b21-12+. The van der Waals surface area contributed by atoms with E-state index in [4.69, 9.17) is 16.3 Å². The van der Waals surface area contributed by atoms with Gasteiger partial charge in [-0.15, -0.1) is 0 Å². The van der Waals surface area contributed by atoms with Crippen LogP contribution in [0.25, 0.3) is 6.08 Å². The Bertz CT molecular complexity index is 1230. The third-order valence-corrected chi connectivity index (χ3v) is 5.65. The monoisotopic (exact) mass is 465 g/mol. The molecule has 1 aliphatic rings. The highest BCUT2D eigenvalue weighted by atomic mass is 35.5. The van der Waals surface area contributed by atoms with Crippen molar-refractivity contribution in [1.82, 2.24) is 5.32 Å². The number of carbonyl (C=O) groups excluding carboxylic acids is 1. The number of nitro benzene ring substituents is 1. The molecule has 9 heteroatoms. The summed E-state index contributed by atoms with van der Waals surface area (Å²) in [5.74, 6) is 0.450. The number of hydrogen-bond donors (Lipinski definition) is 1. The van der Waals surface area contributed by atoms with E-state index in [0.717, 1.165) is 16.9 Å². The van der Waals surface area contributed by atoms with Crippen LogP contribution in [0.5, 0.6) is 5.75 Å². The number of rotatable bonds is 6. The van der Waals surface area contributed by atoms with Crippen LogP contribution in [0.1, 0.15) is 11.1 Å². The van der Waals surface area contributed by atoms with Gasteiger partial charge in [0.2, 0.25) is 0 Å². The lowest BCUT2D eigenvalue weighted by molar-refractivity contribution is -0.384. The van der Waals surface area contributed by atoms with E-state index in [1.165, 1.54) is 30.0 Å². The lowest BCUT2D eigenvalue weighted by Gasteiger charge is -2.06. The summed E-state index contributed by atoms with van der Waals surface area (Å²) in [6.45, 7) is 0.477. The average Bonchev–Trinajstić information content (AvgIpc) is 3.13. The van der Waals surface area contributed by atoms with E-state index >= 15 is 0 Å². The number of hydrogen-bond acceptors (Lipinski definition) is 6. The Morgan fingerprint density at radius 3 is 2.53 bits per heavy atom. The first kappa shape index (κ1) is 21.6. The van der Waals surface area contributed by atoms with Crippen molar-refractivity contribution in [3.05, 3.63) is 104 Å². The molecule has 0 aromatic heterocycles. The van der Waals surface area contributed by atoms with Gasteiger partial charge in [-0.2, -0.15) is 0 Å². The summed E-state index contributed by atoms with van der Waals surface area (Å²) >= 11 is 7.24. The van der Waals surface area contributed by atoms with Crippen molar-refractivity contribution in [2.75, 3.05) is 0 Å². The molecule has 7 nitrogen and oxygen atoms in total. The zero-order valence-corrected chi connectivity index (χ0v) is 18.1. The molecule has 3 aromatic carbocycles. The molecular weight excluding hydrogens is 450 g/mol. The minimum Gasteiger partial charge on any atom is -0.489 e. The van der Waals surface area contributed by atoms with Crippen molar-refractivity contribution in [3.8, 4) is 5.75 Å². The lowest BCUT2D eigenvalue weighted by atomic mass is 10.2. The van der Waals surface area contributed by atoms with Gasteiger partial charge in [-0.3, -0.25) is 14.9 Å². The molecule has 1 N–H and O–H groups in total. The molecule has 4 rings (SSSR count). The summed E-state index contributed by atoms with van der Waals surface area (Å²) in [7, 11) is 0. The second-order valence-corrected chi connectivity index (χ2v) is 8.16. The number of thioether (sulfide) groups is 1. The number of carbonyl (C=O) groups is 1. The molecule has 1 amide bonds. The van der Waals surface area contributed by atoms with E-state index in [1.807, 2.05) is 54.6 Å². The van der Waals surface area contributed by atoms with Crippen LogP contribution in [0, 0.1) is 10.1 Å². The number of ether oxygens (including phenoxy) is 1. The fourth-order valence-corrected chi connectivity index (χ4v) is 3.89. The van der Waals surface area contributed by atoms with Crippen molar-refractivity contribution >= 4 is 51.9 Å². The van der Waals surface area contributed by atoms with Crippen LogP contribution < -0.4 is 10.1 Å². The highest BCUT2D eigenvalue weighted by Crippen LogP contribution is 2.33. The molecule has 160 valence electrons. The zero-order chi connectivity index (χ0) is 22.5. The Morgan fingerprint density at radius 1 is 1.09 bits per heavy atom. The predicted octanol–water partition coefficient (Wildman–Crippen LogP) is 5.72. The molecule has 1 heterocycles. The van der Waals surface area contributed by atoms with Gasteiger partial charge in [0.1, 0.15) is 12.4 Å². The number of aliphatic imine (C=N–C) groups is 1. The van der Waals surface area contributed by atoms with Gasteiger partial charge in [0.15, 0.2) is 5.17 Å². The largest absolute Gasteiger partial charge is 0.489 e. The number of nitrogens with zero attached hydrogens (tertiary/aromatic N) is 2. The third kappa shape index (κ3) is 5.35. The average molecular weight is 466 g/mol. The SMILES string of the molecule is O=C1NC(=Nc2ccc([N+](=O)[O-])cc2Cl)S/C1=C/c1ccc(OCc2ccccc2)cc1. The quantitative estimate of drug-likeness (QED) is 0.285. The fraction of sp³-hybridized carbons (Fsp3) is 0.0435. The molecule has 0 radical (unpaired) electrons. The number of amidine groups is 1. The van der Waals surface area contributed by atoms with Crippen LogP contribution in [0.15, 0.2) is 82.7 Å². The predicted molar refractivity (Wildman–Crippen MR) is 126 cm³/mol.